The van der Waals surface area contributed by atoms with E-state index in [0.717, 1.165) is 5.92 Å². The summed E-state index contributed by atoms with van der Waals surface area (Å²) < 4.78 is 0. The third kappa shape index (κ3) is 3.34. The van der Waals surface area contributed by atoms with Gasteiger partial charge in [0.2, 0.25) is 0 Å². The van der Waals surface area contributed by atoms with Crippen LogP contribution in [0.2, 0.25) is 0 Å². The molecule has 1 aromatic carbocycles. The maximum absolute atomic E-state index is 9.09. The number of hydrogen-bond acceptors (Lipinski definition) is 1. The van der Waals surface area contributed by atoms with Gasteiger partial charge in [-0.05, 0) is 43.1 Å². The van der Waals surface area contributed by atoms with Gasteiger partial charge in [-0.2, -0.15) is 0 Å². The molecule has 0 atom stereocenters. The van der Waals surface area contributed by atoms with Crippen molar-refractivity contribution in [3.8, 4) is 0 Å². The largest absolute Gasteiger partial charge is 0.396 e. The number of hydrogen-bond donors (Lipinski definition) is 1. The molecule has 16 heavy (non-hydrogen) atoms. The molecule has 1 fully saturated rings. The lowest BCUT2D eigenvalue weighted by Crippen LogP contribution is -2.17. The summed E-state index contributed by atoms with van der Waals surface area (Å²) in [6.07, 6.45) is 7.64. The minimum absolute atomic E-state index is 0.394. The molecule has 0 aromatic heterocycles. The molecule has 1 aromatic rings. The molecule has 1 aliphatic carbocycles. The van der Waals surface area contributed by atoms with Crippen molar-refractivity contribution in [1.82, 2.24) is 0 Å². The second kappa shape index (κ2) is 6.05. The minimum Gasteiger partial charge on any atom is -0.396 e. The monoisotopic (exact) mass is 218 g/mol. The molecule has 88 valence electrons. The molecule has 2 rings (SSSR count). The molecule has 0 aliphatic heterocycles. The Bertz CT molecular complexity index is 286. The summed E-state index contributed by atoms with van der Waals surface area (Å²) in [7, 11) is 0. The van der Waals surface area contributed by atoms with Gasteiger partial charge in [0.15, 0.2) is 0 Å². The van der Waals surface area contributed by atoms with Gasteiger partial charge < -0.3 is 5.11 Å². The van der Waals surface area contributed by atoms with Crippen LogP contribution in [0.3, 0.4) is 0 Å². The minimum atomic E-state index is 0.394. The molecule has 0 spiro atoms. The van der Waals surface area contributed by atoms with E-state index in [0.29, 0.717) is 12.5 Å². The predicted molar refractivity (Wildman–Crippen MR) is 67.3 cm³/mol. The fourth-order valence-electron chi connectivity index (χ4n) is 2.72. The highest BCUT2D eigenvalue weighted by molar-refractivity contribution is 5.14. The van der Waals surface area contributed by atoms with E-state index in [9.17, 15) is 0 Å². The maximum Gasteiger partial charge on any atom is 0.0459 e. The number of aliphatic hydroxyl groups is 1. The van der Waals surface area contributed by atoms with Crippen molar-refractivity contribution in [3.05, 3.63) is 35.9 Å². The van der Waals surface area contributed by atoms with Crippen molar-refractivity contribution in [2.24, 2.45) is 11.8 Å². The molecular formula is C15H22O. The molecule has 1 N–H and O–H groups in total. The van der Waals surface area contributed by atoms with Crippen LogP contribution in [0.25, 0.3) is 0 Å². The van der Waals surface area contributed by atoms with Gasteiger partial charge in [0.1, 0.15) is 0 Å². The van der Waals surface area contributed by atoms with Crippen molar-refractivity contribution < 1.29 is 5.11 Å². The fraction of sp³-hybridized carbons (Fsp3) is 0.600. The zero-order valence-electron chi connectivity index (χ0n) is 9.94. The summed E-state index contributed by atoms with van der Waals surface area (Å²) in [5.74, 6) is 1.48. The topological polar surface area (TPSA) is 20.2 Å². The Kier molecular flexibility index (Phi) is 4.41. The lowest BCUT2D eigenvalue weighted by Gasteiger charge is -2.27. The molecule has 1 aliphatic rings. The molecule has 1 nitrogen and oxygen atoms in total. The van der Waals surface area contributed by atoms with E-state index in [2.05, 4.69) is 30.3 Å². The van der Waals surface area contributed by atoms with E-state index in [-0.39, 0.29) is 0 Å². The van der Waals surface area contributed by atoms with Gasteiger partial charge in [0.05, 0.1) is 0 Å². The van der Waals surface area contributed by atoms with E-state index in [1.807, 2.05) is 0 Å². The lowest BCUT2D eigenvalue weighted by atomic mass is 9.80. The van der Waals surface area contributed by atoms with Gasteiger partial charge in [-0.3, -0.25) is 0 Å². The highest BCUT2D eigenvalue weighted by atomic mass is 16.3. The maximum atomic E-state index is 9.09. The van der Waals surface area contributed by atoms with Crippen LogP contribution in [0.15, 0.2) is 30.3 Å². The molecule has 1 heteroatoms. The summed E-state index contributed by atoms with van der Waals surface area (Å²) in [5, 5.41) is 9.09. The van der Waals surface area contributed by atoms with Gasteiger partial charge in [0.25, 0.3) is 0 Å². The predicted octanol–water partition coefficient (Wildman–Crippen LogP) is 3.42. The zero-order chi connectivity index (χ0) is 11.2. The number of aryl methyl sites for hydroxylation is 1. The van der Waals surface area contributed by atoms with Crippen LogP contribution in [0, 0.1) is 11.8 Å². The standard InChI is InChI=1S/C15H22O/c16-12-15-10-8-14(9-11-15)7-6-13-4-2-1-3-5-13/h1-5,14-16H,6-12H2. The van der Waals surface area contributed by atoms with Gasteiger partial charge in [0, 0.05) is 6.61 Å². The van der Waals surface area contributed by atoms with E-state index in [1.54, 1.807) is 0 Å². The summed E-state index contributed by atoms with van der Waals surface area (Å²) >= 11 is 0. The first-order valence-corrected chi connectivity index (χ1v) is 6.53. The Morgan fingerprint density at radius 3 is 2.19 bits per heavy atom. The third-order valence-corrected chi connectivity index (χ3v) is 3.91. The fourth-order valence-corrected chi connectivity index (χ4v) is 2.72. The van der Waals surface area contributed by atoms with Crippen molar-refractivity contribution in [2.75, 3.05) is 6.61 Å². The van der Waals surface area contributed by atoms with E-state index < -0.39 is 0 Å². The van der Waals surface area contributed by atoms with Gasteiger partial charge in [-0.25, -0.2) is 0 Å². The molecule has 0 amide bonds. The number of benzene rings is 1. The van der Waals surface area contributed by atoms with Crippen LogP contribution in [-0.2, 0) is 6.42 Å². The third-order valence-electron chi connectivity index (χ3n) is 3.91. The molecule has 0 saturated heterocycles. The first kappa shape index (κ1) is 11.7. The molecule has 0 bridgehead atoms. The highest BCUT2D eigenvalue weighted by Gasteiger charge is 2.19. The zero-order valence-corrected chi connectivity index (χ0v) is 9.94. The van der Waals surface area contributed by atoms with Crippen molar-refractivity contribution in [1.29, 1.82) is 0 Å². The van der Waals surface area contributed by atoms with Crippen LogP contribution < -0.4 is 0 Å². The molecule has 0 radical (unpaired) electrons. The number of rotatable bonds is 4. The second-order valence-corrected chi connectivity index (χ2v) is 5.09. The number of aliphatic hydroxyl groups excluding tert-OH is 1. The Balaban J connectivity index is 1.72. The van der Waals surface area contributed by atoms with Crippen LogP contribution in [-0.4, -0.2) is 11.7 Å². The van der Waals surface area contributed by atoms with Gasteiger partial charge in [-0.1, -0.05) is 43.2 Å². The smallest absolute Gasteiger partial charge is 0.0459 e. The average molecular weight is 218 g/mol. The Morgan fingerprint density at radius 2 is 1.56 bits per heavy atom. The highest BCUT2D eigenvalue weighted by Crippen LogP contribution is 2.31. The van der Waals surface area contributed by atoms with Crippen molar-refractivity contribution in [3.63, 3.8) is 0 Å². The summed E-state index contributed by atoms with van der Waals surface area (Å²) in [5.41, 5.74) is 1.46. The van der Waals surface area contributed by atoms with Crippen LogP contribution in [0.5, 0.6) is 0 Å². The summed E-state index contributed by atoms with van der Waals surface area (Å²) in [6.45, 7) is 0.394. The normalized spacial score (nSPS) is 25.6. The lowest BCUT2D eigenvalue weighted by molar-refractivity contribution is 0.164. The van der Waals surface area contributed by atoms with E-state index in [4.69, 9.17) is 5.11 Å². The second-order valence-electron chi connectivity index (χ2n) is 5.09. The first-order chi connectivity index (χ1) is 7.88. The first-order valence-electron chi connectivity index (χ1n) is 6.53. The van der Waals surface area contributed by atoms with E-state index in [1.165, 1.54) is 44.1 Å². The average Bonchev–Trinajstić information content (AvgIpc) is 2.38. The Hall–Kier alpha value is -0.820. The Morgan fingerprint density at radius 1 is 0.938 bits per heavy atom. The van der Waals surface area contributed by atoms with Gasteiger partial charge in [-0.15, -0.1) is 0 Å². The summed E-state index contributed by atoms with van der Waals surface area (Å²) in [4.78, 5) is 0. The summed E-state index contributed by atoms with van der Waals surface area (Å²) in [6, 6.07) is 10.8. The molecular weight excluding hydrogens is 196 g/mol. The van der Waals surface area contributed by atoms with Crippen LogP contribution >= 0.6 is 0 Å². The molecule has 0 heterocycles. The van der Waals surface area contributed by atoms with Crippen LogP contribution in [0.4, 0.5) is 0 Å². The van der Waals surface area contributed by atoms with Crippen molar-refractivity contribution >= 4 is 0 Å². The van der Waals surface area contributed by atoms with E-state index >= 15 is 0 Å². The SMILES string of the molecule is OCC1CCC(CCc2ccccc2)CC1. The molecule has 0 unspecified atom stereocenters. The van der Waals surface area contributed by atoms with Crippen LogP contribution in [0.1, 0.15) is 37.7 Å². The van der Waals surface area contributed by atoms with Crippen molar-refractivity contribution in [2.45, 2.75) is 38.5 Å². The molecule has 1 saturated carbocycles. The Labute approximate surface area is 98.5 Å². The van der Waals surface area contributed by atoms with Gasteiger partial charge >= 0.3 is 0 Å². The quantitative estimate of drug-likeness (QED) is 0.821.